The maximum atomic E-state index is 12.4. The van der Waals surface area contributed by atoms with Gasteiger partial charge in [0, 0.05) is 37.3 Å². The van der Waals surface area contributed by atoms with Crippen molar-refractivity contribution in [3.8, 4) is 0 Å². The summed E-state index contributed by atoms with van der Waals surface area (Å²) < 4.78 is 10.4. The average Bonchev–Trinajstić information content (AvgIpc) is 2.91. The van der Waals surface area contributed by atoms with Gasteiger partial charge in [-0.15, -0.1) is 11.8 Å². The Hall–Kier alpha value is -1.86. The third-order valence-electron chi connectivity index (χ3n) is 3.51. The first-order chi connectivity index (χ1) is 11.6. The normalized spacial score (nSPS) is 10.8. The highest BCUT2D eigenvalue weighted by atomic mass is 32.2. The van der Waals surface area contributed by atoms with E-state index in [1.165, 1.54) is 11.8 Å². The van der Waals surface area contributed by atoms with Crippen LogP contribution in [0.4, 0.5) is 0 Å². The fourth-order valence-electron chi connectivity index (χ4n) is 2.14. The molecule has 2 aromatic rings. The minimum absolute atomic E-state index is 0.110. The number of hydrogen-bond donors (Lipinski definition) is 1. The Kier molecular flexibility index (Phi) is 7.27. The quantitative estimate of drug-likeness (QED) is 0.553. The van der Waals surface area contributed by atoms with Gasteiger partial charge in [-0.05, 0) is 39.3 Å². The number of thioether (sulfide) groups is 1. The fourth-order valence-corrected chi connectivity index (χ4v) is 3.29. The van der Waals surface area contributed by atoms with Gasteiger partial charge < -0.3 is 14.6 Å². The lowest BCUT2D eigenvalue weighted by atomic mass is 10.2. The number of aromatic nitrogens is 2. The van der Waals surface area contributed by atoms with E-state index in [0.717, 1.165) is 23.4 Å². The SMILES string of the molecule is CCOCCCNC(=O)c1cccnc1SCc1c(C)noc1C. The summed E-state index contributed by atoms with van der Waals surface area (Å²) in [4.78, 5) is 16.7. The van der Waals surface area contributed by atoms with Gasteiger partial charge in [0.2, 0.25) is 0 Å². The minimum atomic E-state index is -0.110. The van der Waals surface area contributed by atoms with Gasteiger partial charge in [-0.2, -0.15) is 0 Å². The monoisotopic (exact) mass is 349 g/mol. The molecule has 0 radical (unpaired) electrons. The minimum Gasteiger partial charge on any atom is -0.382 e. The molecule has 0 spiro atoms. The molecule has 0 aliphatic carbocycles. The summed E-state index contributed by atoms with van der Waals surface area (Å²) in [5.41, 5.74) is 2.51. The van der Waals surface area contributed by atoms with Crippen LogP contribution in [0.15, 0.2) is 27.9 Å². The summed E-state index contributed by atoms with van der Waals surface area (Å²) in [5.74, 6) is 1.36. The van der Waals surface area contributed by atoms with Crippen LogP contribution in [0.1, 0.15) is 40.7 Å². The largest absolute Gasteiger partial charge is 0.382 e. The number of pyridine rings is 1. The molecule has 130 valence electrons. The van der Waals surface area contributed by atoms with Gasteiger partial charge in [0.15, 0.2) is 0 Å². The van der Waals surface area contributed by atoms with Gasteiger partial charge in [0.05, 0.1) is 11.3 Å². The second-order valence-corrected chi connectivity index (χ2v) is 6.22. The highest BCUT2D eigenvalue weighted by molar-refractivity contribution is 7.98. The van der Waals surface area contributed by atoms with Crippen LogP contribution >= 0.6 is 11.8 Å². The summed E-state index contributed by atoms with van der Waals surface area (Å²) in [6.07, 6.45) is 2.49. The molecular formula is C17H23N3O3S. The lowest BCUT2D eigenvalue weighted by Gasteiger charge is -2.09. The second-order valence-electron chi connectivity index (χ2n) is 5.25. The molecule has 0 atom stereocenters. The Morgan fingerprint density at radius 3 is 2.96 bits per heavy atom. The maximum absolute atomic E-state index is 12.4. The van der Waals surface area contributed by atoms with Crippen molar-refractivity contribution in [1.29, 1.82) is 0 Å². The summed E-state index contributed by atoms with van der Waals surface area (Å²) in [5, 5.41) is 7.57. The molecule has 1 N–H and O–H groups in total. The Labute approximate surface area is 146 Å². The van der Waals surface area contributed by atoms with Crippen LogP contribution in [-0.2, 0) is 10.5 Å². The van der Waals surface area contributed by atoms with E-state index in [0.29, 0.717) is 36.1 Å². The van der Waals surface area contributed by atoms with E-state index in [2.05, 4.69) is 15.5 Å². The van der Waals surface area contributed by atoms with Crippen LogP contribution in [0.3, 0.4) is 0 Å². The molecule has 0 fully saturated rings. The maximum Gasteiger partial charge on any atom is 0.254 e. The van der Waals surface area contributed by atoms with E-state index in [1.807, 2.05) is 20.8 Å². The first kappa shape index (κ1) is 18.5. The smallest absolute Gasteiger partial charge is 0.254 e. The van der Waals surface area contributed by atoms with E-state index in [9.17, 15) is 4.79 Å². The second kappa shape index (κ2) is 9.44. The molecule has 7 heteroatoms. The number of carbonyl (C=O) groups excluding carboxylic acids is 1. The van der Waals surface area contributed by atoms with Crippen LogP contribution in [0.25, 0.3) is 0 Å². The summed E-state index contributed by atoms with van der Waals surface area (Å²) in [6, 6.07) is 3.57. The van der Waals surface area contributed by atoms with Crippen molar-refractivity contribution in [3.05, 3.63) is 40.9 Å². The first-order valence-electron chi connectivity index (χ1n) is 7.99. The zero-order valence-electron chi connectivity index (χ0n) is 14.3. The van der Waals surface area contributed by atoms with Crippen molar-refractivity contribution in [3.63, 3.8) is 0 Å². The Morgan fingerprint density at radius 2 is 2.25 bits per heavy atom. The average molecular weight is 349 g/mol. The molecular weight excluding hydrogens is 326 g/mol. The highest BCUT2D eigenvalue weighted by Gasteiger charge is 2.15. The van der Waals surface area contributed by atoms with Crippen LogP contribution < -0.4 is 5.32 Å². The van der Waals surface area contributed by atoms with Crippen molar-refractivity contribution < 1.29 is 14.1 Å². The number of amides is 1. The van der Waals surface area contributed by atoms with E-state index in [-0.39, 0.29) is 5.91 Å². The molecule has 0 saturated carbocycles. The number of nitrogens with zero attached hydrogens (tertiary/aromatic N) is 2. The molecule has 0 unspecified atom stereocenters. The van der Waals surface area contributed by atoms with E-state index < -0.39 is 0 Å². The van der Waals surface area contributed by atoms with Crippen LogP contribution in [0, 0.1) is 13.8 Å². The number of carbonyl (C=O) groups is 1. The number of nitrogens with one attached hydrogen (secondary N) is 1. The van der Waals surface area contributed by atoms with Crippen LogP contribution in [0.2, 0.25) is 0 Å². The van der Waals surface area contributed by atoms with Crippen molar-refractivity contribution in [1.82, 2.24) is 15.5 Å². The molecule has 0 bridgehead atoms. The Bertz CT molecular complexity index is 653. The lowest BCUT2D eigenvalue weighted by Crippen LogP contribution is -2.26. The van der Waals surface area contributed by atoms with Gasteiger partial charge in [0.25, 0.3) is 5.91 Å². The zero-order chi connectivity index (χ0) is 17.4. The highest BCUT2D eigenvalue weighted by Crippen LogP contribution is 2.27. The molecule has 0 aliphatic heterocycles. The van der Waals surface area contributed by atoms with E-state index >= 15 is 0 Å². The lowest BCUT2D eigenvalue weighted by molar-refractivity contribution is 0.0940. The predicted octanol–water partition coefficient (Wildman–Crippen LogP) is 3.14. The molecule has 0 aliphatic rings. The molecule has 1 amide bonds. The molecule has 24 heavy (non-hydrogen) atoms. The predicted molar refractivity (Wildman–Crippen MR) is 93.2 cm³/mol. The number of aryl methyl sites for hydroxylation is 2. The van der Waals surface area contributed by atoms with E-state index in [1.54, 1.807) is 18.3 Å². The van der Waals surface area contributed by atoms with E-state index in [4.69, 9.17) is 9.26 Å². The molecule has 0 aromatic carbocycles. The van der Waals surface area contributed by atoms with Crippen molar-refractivity contribution in [2.45, 2.75) is 38.0 Å². The third kappa shape index (κ3) is 5.07. The van der Waals surface area contributed by atoms with Crippen LogP contribution in [0.5, 0.6) is 0 Å². The van der Waals surface area contributed by atoms with Gasteiger partial charge in [-0.3, -0.25) is 4.79 Å². The van der Waals surface area contributed by atoms with Gasteiger partial charge in [0.1, 0.15) is 10.8 Å². The molecule has 2 aromatic heterocycles. The van der Waals surface area contributed by atoms with Gasteiger partial charge >= 0.3 is 0 Å². The van der Waals surface area contributed by atoms with Crippen molar-refractivity contribution in [2.24, 2.45) is 0 Å². The van der Waals surface area contributed by atoms with Crippen molar-refractivity contribution >= 4 is 17.7 Å². The number of rotatable bonds is 9. The topological polar surface area (TPSA) is 77.2 Å². The van der Waals surface area contributed by atoms with Crippen LogP contribution in [-0.4, -0.2) is 35.8 Å². The van der Waals surface area contributed by atoms with Crippen molar-refractivity contribution in [2.75, 3.05) is 19.8 Å². The third-order valence-corrected chi connectivity index (χ3v) is 4.54. The zero-order valence-corrected chi connectivity index (χ0v) is 15.1. The molecule has 0 saturated heterocycles. The molecule has 6 nitrogen and oxygen atoms in total. The summed E-state index contributed by atoms with van der Waals surface area (Å²) in [7, 11) is 0. The standard InChI is InChI=1S/C17H23N3O3S/c1-4-22-10-6-9-18-16(21)14-7-5-8-19-17(14)24-11-15-12(2)20-23-13(15)3/h5,7-8H,4,6,9-11H2,1-3H3,(H,18,21). The van der Waals surface area contributed by atoms with Gasteiger partial charge in [-0.1, -0.05) is 5.16 Å². The number of hydrogen-bond acceptors (Lipinski definition) is 6. The Balaban J connectivity index is 1.95. The summed E-state index contributed by atoms with van der Waals surface area (Å²) in [6.45, 7) is 7.69. The Morgan fingerprint density at radius 1 is 1.42 bits per heavy atom. The first-order valence-corrected chi connectivity index (χ1v) is 8.97. The number of ether oxygens (including phenoxy) is 1. The molecule has 2 heterocycles. The van der Waals surface area contributed by atoms with Gasteiger partial charge in [-0.25, -0.2) is 4.98 Å². The fraction of sp³-hybridized carbons (Fsp3) is 0.471. The molecule has 2 rings (SSSR count). The summed E-state index contributed by atoms with van der Waals surface area (Å²) >= 11 is 1.51.